The second-order valence-corrected chi connectivity index (χ2v) is 9.11. The molecule has 2 aliphatic rings. The molecule has 5 rings (SSSR count). The fourth-order valence-corrected chi connectivity index (χ4v) is 4.54. The van der Waals surface area contributed by atoms with Crippen molar-refractivity contribution < 1.29 is 18.7 Å². The number of esters is 1. The molecule has 2 saturated heterocycles. The first-order chi connectivity index (χ1) is 17.7. The van der Waals surface area contributed by atoms with Crippen molar-refractivity contribution >= 4 is 11.9 Å². The molecule has 36 heavy (non-hydrogen) atoms. The topological polar surface area (TPSA) is 84.2 Å². The van der Waals surface area contributed by atoms with Crippen LogP contribution in [0.1, 0.15) is 28.6 Å². The summed E-state index contributed by atoms with van der Waals surface area (Å²) in [6.45, 7) is 10.9. The minimum Gasteiger partial charge on any atom is -0.462 e. The third kappa shape index (κ3) is 6.10. The van der Waals surface area contributed by atoms with Gasteiger partial charge >= 0.3 is 5.97 Å². The van der Waals surface area contributed by atoms with Gasteiger partial charge in [-0.1, -0.05) is 24.3 Å². The molecule has 0 aliphatic carbocycles. The van der Waals surface area contributed by atoms with E-state index in [1.54, 1.807) is 6.92 Å². The summed E-state index contributed by atoms with van der Waals surface area (Å²) in [6.07, 6.45) is 3.07. The molecular formula is C27H33N5O4. The zero-order valence-electron chi connectivity index (χ0n) is 20.8. The third-order valence-corrected chi connectivity index (χ3v) is 6.59. The van der Waals surface area contributed by atoms with Crippen molar-refractivity contribution in [2.45, 2.75) is 20.0 Å². The normalized spacial score (nSPS) is 17.3. The Kier molecular flexibility index (Phi) is 7.90. The summed E-state index contributed by atoms with van der Waals surface area (Å²) < 4.78 is 16.6. The lowest BCUT2D eigenvalue weighted by Crippen LogP contribution is -2.46. The molecular weight excluding hydrogens is 458 g/mol. The highest BCUT2D eigenvalue weighted by atomic mass is 16.5. The quantitative estimate of drug-likeness (QED) is 0.442. The molecule has 2 aromatic heterocycles. The number of hydrogen-bond acceptors (Lipinski definition) is 9. The van der Waals surface area contributed by atoms with Crippen LogP contribution in [0.5, 0.6) is 0 Å². The Hall–Kier alpha value is -3.27. The van der Waals surface area contributed by atoms with Gasteiger partial charge < -0.3 is 18.8 Å². The lowest BCUT2D eigenvalue weighted by molar-refractivity contribution is 0.0342. The summed E-state index contributed by atoms with van der Waals surface area (Å²) in [6, 6.07) is 12.8. The predicted molar refractivity (Wildman–Crippen MR) is 136 cm³/mol. The fraction of sp³-hybridized carbons (Fsp3) is 0.444. The van der Waals surface area contributed by atoms with Crippen LogP contribution in [0.3, 0.4) is 0 Å². The van der Waals surface area contributed by atoms with Crippen LogP contribution in [0.15, 0.2) is 53.2 Å². The molecule has 0 saturated carbocycles. The number of morpholine rings is 1. The first kappa shape index (κ1) is 24.4. The van der Waals surface area contributed by atoms with Crippen LogP contribution in [0.25, 0.3) is 11.3 Å². The molecule has 2 fully saturated rings. The molecule has 2 aliphatic heterocycles. The van der Waals surface area contributed by atoms with Gasteiger partial charge in [0.25, 0.3) is 0 Å². The highest BCUT2D eigenvalue weighted by molar-refractivity contribution is 5.88. The SMILES string of the molecule is CCOC(=O)c1cnc(N2CCN(Cc3ccc(-c4ccc(CN5CCOCC5)cc4)o3)CC2)nc1. The highest BCUT2D eigenvalue weighted by Crippen LogP contribution is 2.24. The van der Waals surface area contributed by atoms with Crippen LogP contribution >= 0.6 is 0 Å². The maximum atomic E-state index is 11.8. The summed E-state index contributed by atoms with van der Waals surface area (Å²) >= 11 is 0. The van der Waals surface area contributed by atoms with Crippen molar-refractivity contribution in [1.29, 1.82) is 0 Å². The minimum absolute atomic E-state index is 0.335. The van der Waals surface area contributed by atoms with E-state index in [1.807, 2.05) is 0 Å². The summed E-state index contributed by atoms with van der Waals surface area (Å²) in [5.41, 5.74) is 2.78. The van der Waals surface area contributed by atoms with Gasteiger partial charge in [-0.2, -0.15) is 0 Å². The van der Waals surface area contributed by atoms with Gasteiger partial charge in [0, 0.05) is 63.8 Å². The molecule has 9 heteroatoms. The predicted octanol–water partition coefficient (Wildman–Crippen LogP) is 3.07. The van der Waals surface area contributed by atoms with Crippen molar-refractivity contribution in [2.75, 3.05) is 64.0 Å². The first-order valence-corrected chi connectivity index (χ1v) is 12.6. The number of carbonyl (C=O) groups excluding carboxylic acids is 1. The molecule has 1 aromatic carbocycles. The van der Waals surface area contributed by atoms with Gasteiger partial charge in [-0.3, -0.25) is 9.80 Å². The molecule has 0 N–H and O–H groups in total. The average molecular weight is 492 g/mol. The van der Waals surface area contributed by atoms with Gasteiger partial charge in [-0.05, 0) is 24.6 Å². The summed E-state index contributed by atoms with van der Waals surface area (Å²) in [5.74, 6) is 2.11. The van der Waals surface area contributed by atoms with Crippen molar-refractivity contribution in [2.24, 2.45) is 0 Å². The highest BCUT2D eigenvalue weighted by Gasteiger charge is 2.21. The van der Waals surface area contributed by atoms with E-state index in [0.29, 0.717) is 18.1 Å². The summed E-state index contributed by atoms with van der Waals surface area (Å²) in [4.78, 5) is 27.4. The van der Waals surface area contributed by atoms with Gasteiger partial charge in [0.15, 0.2) is 0 Å². The monoisotopic (exact) mass is 491 g/mol. The molecule has 0 spiro atoms. The van der Waals surface area contributed by atoms with Crippen LogP contribution in [0.4, 0.5) is 5.95 Å². The lowest BCUT2D eigenvalue weighted by Gasteiger charge is -2.34. The molecule has 0 amide bonds. The standard InChI is InChI=1S/C27H33N5O4/c1-2-35-26(33)23-17-28-27(29-18-23)32-11-9-30(10-12-32)20-24-7-8-25(36-24)22-5-3-21(4-6-22)19-31-13-15-34-16-14-31/h3-8,17-18H,2,9-16,19-20H2,1H3. The molecule has 0 radical (unpaired) electrons. The van der Waals surface area contributed by atoms with Gasteiger partial charge in [0.05, 0.1) is 31.9 Å². The fourth-order valence-electron chi connectivity index (χ4n) is 4.54. The van der Waals surface area contributed by atoms with Crippen molar-refractivity contribution in [3.8, 4) is 11.3 Å². The second-order valence-electron chi connectivity index (χ2n) is 9.11. The van der Waals surface area contributed by atoms with Crippen LogP contribution in [-0.4, -0.2) is 84.8 Å². The Morgan fingerprint density at radius 2 is 1.58 bits per heavy atom. The number of aromatic nitrogens is 2. The number of piperazine rings is 1. The second kappa shape index (κ2) is 11.6. The number of furan rings is 1. The molecule has 190 valence electrons. The summed E-state index contributed by atoms with van der Waals surface area (Å²) in [7, 11) is 0. The van der Waals surface area contributed by atoms with Crippen molar-refractivity contribution in [3.05, 3.63) is 65.7 Å². The number of hydrogen-bond donors (Lipinski definition) is 0. The van der Waals surface area contributed by atoms with E-state index < -0.39 is 5.97 Å². The van der Waals surface area contributed by atoms with Crippen LogP contribution < -0.4 is 4.90 Å². The van der Waals surface area contributed by atoms with Gasteiger partial charge in [0.2, 0.25) is 5.95 Å². The van der Waals surface area contributed by atoms with E-state index in [-0.39, 0.29) is 0 Å². The van der Waals surface area contributed by atoms with Crippen molar-refractivity contribution in [3.63, 3.8) is 0 Å². The molecule has 3 aromatic rings. The van der Waals surface area contributed by atoms with Crippen LogP contribution in [0, 0.1) is 0 Å². The van der Waals surface area contributed by atoms with E-state index in [9.17, 15) is 4.79 Å². The van der Waals surface area contributed by atoms with Crippen LogP contribution in [0.2, 0.25) is 0 Å². The molecule has 0 bridgehead atoms. The zero-order valence-corrected chi connectivity index (χ0v) is 20.8. The number of nitrogens with zero attached hydrogens (tertiary/aromatic N) is 5. The minimum atomic E-state index is -0.393. The first-order valence-electron chi connectivity index (χ1n) is 12.6. The Morgan fingerprint density at radius 3 is 2.28 bits per heavy atom. The maximum Gasteiger partial charge on any atom is 0.341 e. The van der Waals surface area contributed by atoms with Gasteiger partial charge in [-0.25, -0.2) is 14.8 Å². The molecule has 9 nitrogen and oxygen atoms in total. The van der Waals surface area contributed by atoms with E-state index in [2.05, 4.69) is 61.1 Å². The third-order valence-electron chi connectivity index (χ3n) is 6.59. The number of anilines is 1. The Labute approximate surface area is 211 Å². The largest absolute Gasteiger partial charge is 0.462 e. The molecule has 4 heterocycles. The smallest absolute Gasteiger partial charge is 0.341 e. The Balaban J connectivity index is 1.11. The Bertz CT molecular complexity index is 1120. The average Bonchev–Trinajstić information content (AvgIpc) is 3.39. The maximum absolute atomic E-state index is 11.8. The van der Waals surface area contributed by atoms with Crippen molar-refractivity contribution in [1.82, 2.24) is 19.8 Å². The van der Waals surface area contributed by atoms with Gasteiger partial charge in [0.1, 0.15) is 11.5 Å². The molecule has 0 atom stereocenters. The Morgan fingerprint density at radius 1 is 0.889 bits per heavy atom. The number of benzene rings is 1. The number of carbonyl (C=O) groups is 1. The van der Waals surface area contributed by atoms with Crippen LogP contribution in [-0.2, 0) is 22.6 Å². The van der Waals surface area contributed by atoms with E-state index >= 15 is 0 Å². The van der Waals surface area contributed by atoms with E-state index in [1.165, 1.54) is 18.0 Å². The van der Waals surface area contributed by atoms with E-state index in [0.717, 1.165) is 82.7 Å². The zero-order chi connectivity index (χ0) is 24.7. The van der Waals surface area contributed by atoms with E-state index in [4.69, 9.17) is 13.9 Å². The number of rotatable bonds is 8. The van der Waals surface area contributed by atoms with Gasteiger partial charge in [-0.15, -0.1) is 0 Å². The molecule has 0 unspecified atom stereocenters. The lowest BCUT2D eigenvalue weighted by atomic mass is 10.1. The summed E-state index contributed by atoms with van der Waals surface area (Å²) in [5, 5.41) is 0. The number of ether oxygens (including phenoxy) is 2.